The summed E-state index contributed by atoms with van der Waals surface area (Å²) in [5, 5.41) is 21.6. The van der Waals surface area contributed by atoms with Crippen LogP contribution in [0.25, 0.3) is 10.8 Å². The average molecular weight is 369 g/mol. The molecule has 0 fully saturated rings. The summed E-state index contributed by atoms with van der Waals surface area (Å²) in [6, 6.07) is 10.8. The molecule has 0 amide bonds. The van der Waals surface area contributed by atoms with E-state index in [9.17, 15) is 10.2 Å². The smallest absolute Gasteiger partial charge is 0.199 e. The number of aryl methyl sites for hydroxylation is 2. The number of hydrogen-bond acceptors (Lipinski definition) is 4. The van der Waals surface area contributed by atoms with E-state index in [4.69, 9.17) is 9.47 Å². The molecule has 2 aromatic carbocycles. The van der Waals surface area contributed by atoms with Crippen molar-refractivity contribution < 1.29 is 19.7 Å². The molecule has 5 heteroatoms. The number of hydrogen-bond donors (Lipinski definition) is 2. The monoisotopic (exact) mass is 369 g/mol. The number of methoxy groups -OCH3 is 1. The van der Waals surface area contributed by atoms with Gasteiger partial charge in [-0.15, -0.1) is 0 Å². The molecule has 5 nitrogen and oxygen atoms in total. The van der Waals surface area contributed by atoms with Crippen LogP contribution < -0.4 is 9.47 Å². The number of phenolic OH excluding ortho intramolecular Hbond substituents is 1. The van der Waals surface area contributed by atoms with Gasteiger partial charge in [0.2, 0.25) is 0 Å². The predicted octanol–water partition coefficient (Wildman–Crippen LogP) is 4.87. The number of aromatic nitrogens is 1. The second-order valence-corrected chi connectivity index (χ2v) is 6.68. The average Bonchev–Trinajstić information content (AvgIpc) is 3.01. The van der Waals surface area contributed by atoms with E-state index in [0.29, 0.717) is 24.7 Å². The number of unbranched alkanes of at least 4 members (excludes halogenated alkanes) is 2. The summed E-state index contributed by atoms with van der Waals surface area (Å²) in [7, 11) is 1.63. The van der Waals surface area contributed by atoms with E-state index < -0.39 is 0 Å². The third-order valence-electron chi connectivity index (χ3n) is 4.75. The van der Waals surface area contributed by atoms with Crippen molar-refractivity contribution in [1.82, 2.24) is 4.57 Å². The Morgan fingerprint density at radius 2 is 1.74 bits per heavy atom. The number of phenols is 1. The standard InChI is InChI=1S/C22H27NO4/c1-3-4-5-14-27-21-19-15-23(13-12-16-6-8-17(24)9-7-16)22(25)18(19)10-11-20(21)26-2/h6-11,15,24-25H,3-5,12-14H2,1-2H3. The minimum absolute atomic E-state index is 0.227. The normalized spacial score (nSPS) is 11.0. The van der Waals surface area contributed by atoms with E-state index in [1.165, 1.54) is 0 Å². The topological polar surface area (TPSA) is 63.8 Å². The van der Waals surface area contributed by atoms with Gasteiger partial charge in [-0.1, -0.05) is 31.9 Å². The zero-order valence-electron chi connectivity index (χ0n) is 15.9. The van der Waals surface area contributed by atoms with Crippen molar-refractivity contribution in [1.29, 1.82) is 0 Å². The highest BCUT2D eigenvalue weighted by atomic mass is 16.5. The first-order chi connectivity index (χ1) is 13.1. The van der Waals surface area contributed by atoms with E-state index in [2.05, 4.69) is 6.92 Å². The minimum Gasteiger partial charge on any atom is -0.508 e. The molecule has 0 aliphatic carbocycles. The van der Waals surface area contributed by atoms with Gasteiger partial charge < -0.3 is 24.3 Å². The highest BCUT2D eigenvalue weighted by Gasteiger charge is 2.16. The molecule has 3 aromatic rings. The molecule has 1 aromatic heterocycles. The first-order valence-corrected chi connectivity index (χ1v) is 9.43. The summed E-state index contributed by atoms with van der Waals surface area (Å²) in [4.78, 5) is 0. The Bertz CT molecular complexity index is 883. The molecule has 0 aliphatic heterocycles. The van der Waals surface area contributed by atoms with Crippen molar-refractivity contribution in [2.45, 2.75) is 39.2 Å². The summed E-state index contributed by atoms with van der Waals surface area (Å²) in [6.45, 7) is 3.42. The Morgan fingerprint density at radius 1 is 0.963 bits per heavy atom. The van der Waals surface area contributed by atoms with E-state index >= 15 is 0 Å². The maximum absolute atomic E-state index is 10.6. The fourth-order valence-electron chi connectivity index (χ4n) is 3.19. The Morgan fingerprint density at radius 3 is 2.44 bits per heavy atom. The lowest BCUT2D eigenvalue weighted by molar-refractivity contribution is 0.289. The van der Waals surface area contributed by atoms with E-state index in [-0.39, 0.29) is 11.6 Å². The third kappa shape index (κ3) is 4.30. The Kier molecular flexibility index (Phi) is 6.12. The van der Waals surface area contributed by atoms with Gasteiger partial charge in [0.1, 0.15) is 5.75 Å². The van der Waals surface area contributed by atoms with Gasteiger partial charge in [0.15, 0.2) is 17.4 Å². The van der Waals surface area contributed by atoms with Crippen molar-refractivity contribution in [3.63, 3.8) is 0 Å². The van der Waals surface area contributed by atoms with Crippen molar-refractivity contribution in [2.24, 2.45) is 0 Å². The van der Waals surface area contributed by atoms with Crippen molar-refractivity contribution in [3.05, 3.63) is 48.2 Å². The van der Waals surface area contributed by atoms with Gasteiger partial charge in [-0.25, -0.2) is 0 Å². The molecule has 27 heavy (non-hydrogen) atoms. The largest absolute Gasteiger partial charge is 0.508 e. The Hall–Kier alpha value is -2.82. The van der Waals surface area contributed by atoms with Crippen LogP contribution in [0.4, 0.5) is 0 Å². The quantitative estimate of drug-likeness (QED) is 0.528. The third-order valence-corrected chi connectivity index (χ3v) is 4.75. The molecule has 1 heterocycles. The maximum Gasteiger partial charge on any atom is 0.199 e. The molecular weight excluding hydrogens is 342 g/mol. The lowest BCUT2D eigenvalue weighted by Gasteiger charge is -2.11. The zero-order valence-corrected chi connectivity index (χ0v) is 15.9. The molecule has 0 saturated carbocycles. The van der Waals surface area contributed by atoms with Crippen molar-refractivity contribution in [3.8, 4) is 23.1 Å². The van der Waals surface area contributed by atoms with E-state index in [1.54, 1.807) is 19.2 Å². The highest BCUT2D eigenvalue weighted by molar-refractivity contribution is 5.94. The van der Waals surface area contributed by atoms with E-state index in [1.807, 2.05) is 35.0 Å². The fraction of sp³-hybridized carbons (Fsp3) is 0.364. The predicted molar refractivity (Wildman–Crippen MR) is 107 cm³/mol. The van der Waals surface area contributed by atoms with Gasteiger partial charge in [0.05, 0.1) is 13.7 Å². The summed E-state index contributed by atoms with van der Waals surface area (Å²) in [5.74, 6) is 1.84. The molecule has 2 N–H and O–H groups in total. The number of aromatic hydroxyl groups is 2. The first-order valence-electron chi connectivity index (χ1n) is 9.43. The van der Waals surface area contributed by atoms with Gasteiger partial charge in [-0.2, -0.15) is 0 Å². The van der Waals surface area contributed by atoms with Crippen molar-refractivity contribution in [2.75, 3.05) is 13.7 Å². The lowest BCUT2D eigenvalue weighted by Crippen LogP contribution is -2.00. The van der Waals surface area contributed by atoms with Crippen LogP contribution in [0.3, 0.4) is 0 Å². The second kappa shape index (κ2) is 8.71. The summed E-state index contributed by atoms with van der Waals surface area (Å²) < 4.78 is 13.3. The van der Waals surface area contributed by atoms with Gasteiger partial charge in [-0.05, 0) is 42.7 Å². The van der Waals surface area contributed by atoms with Gasteiger partial charge >= 0.3 is 0 Å². The molecule has 0 spiro atoms. The number of nitrogens with zero attached hydrogens (tertiary/aromatic N) is 1. The minimum atomic E-state index is 0.227. The number of fused-ring (bicyclic) bond motifs is 1. The molecule has 0 aliphatic rings. The van der Waals surface area contributed by atoms with Crippen LogP contribution in [0.15, 0.2) is 42.6 Å². The van der Waals surface area contributed by atoms with Crippen LogP contribution >= 0.6 is 0 Å². The summed E-state index contributed by atoms with van der Waals surface area (Å²) >= 11 is 0. The molecule has 0 atom stereocenters. The molecule has 0 radical (unpaired) electrons. The Labute approximate surface area is 159 Å². The summed E-state index contributed by atoms with van der Waals surface area (Å²) in [6.07, 6.45) is 5.92. The lowest BCUT2D eigenvalue weighted by atomic mass is 10.1. The maximum atomic E-state index is 10.6. The zero-order chi connectivity index (χ0) is 19.2. The van der Waals surface area contributed by atoms with Crippen molar-refractivity contribution >= 4 is 10.8 Å². The molecule has 0 unspecified atom stereocenters. The van der Waals surface area contributed by atoms with Gasteiger partial charge in [-0.3, -0.25) is 0 Å². The fourth-order valence-corrected chi connectivity index (χ4v) is 3.19. The molecular formula is C22H27NO4. The number of benzene rings is 2. The van der Waals surface area contributed by atoms with Crippen LogP contribution in [-0.2, 0) is 13.0 Å². The highest BCUT2D eigenvalue weighted by Crippen LogP contribution is 2.40. The van der Waals surface area contributed by atoms with Crippen LogP contribution in [0.1, 0.15) is 31.7 Å². The van der Waals surface area contributed by atoms with Gasteiger partial charge in [0, 0.05) is 23.5 Å². The van der Waals surface area contributed by atoms with Crippen LogP contribution in [0.2, 0.25) is 0 Å². The van der Waals surface area contributed by atoms with Gasteiger partial charge in [0.25, 0.3) is 0 Å². The molecule has 0 saturated heterocycles. The molecule has 3 rings (SSSR count). The van der Waals surface area contributed by atoms with Crippen LogP contribution in [0.5, 0.6) is 23.1 Å². The number of rotatable bonds is 9. The van der Waals surface area contributed by atoms with E-state index in [0.717, 1.165) is 42.0 Å². The second-order valence-electron chi connectivity index (χ2n) is 6.68. The molecule has 144 valence electrons. The molecule has 0 bridgehead atoms. The van der Waals surface area contributed by atoms with Crippen LogP contribution in [0, 0.1) is 0 Å². The number of ether oxygens (including phenoxy) is 2. The SMILES string of the molecule is CCCCCOc1c(OC)ccc2c(O)n(CCc3ccc(O)cc3)cc12. The summed E-state index contributed by atoms with van der Waals surface area (Å²) in [5.41, 5.74) is 1.10. The first kappa shape index (κ1) is 19.0. The van der Waals surface area contributed by atoms with Crippen LogP contribution in [-0.4, -0.2) is 28.5 Å². The Balaban J connectivity index is 1.84.